The topological polar surface area (TPSA) is 79.8 Å². The highest BCUT2D eigenvalue weighted by molar-refractivity contribution is 7.11. The first-order chi connectivity index (χ1) is 10.8. The maximum Gasteiger partial charge on any atom is 0.320 e. The summed E-state index contributed by atoms with van der Waals surface area (Å²) in [6, 6.07) is -0.251. The molecule has 0 aliphatic heterocycles. The predicted octanol–water partition coefficient (Wildman–Crippen LogP) is 2.57. The second-order valence-corrected chi connectivity index (χ2v) is 6.43. The third kappa shape index (κ3) is 4.00. The summed E-state index contributed by atoms with van der Waals surface area (Å²) in [5.41, 5.74) is 1.31. The number of aryl methyl sites for hydroxylation is 3. The van der Waals surface area contributed by atoms with E-state index in [1.807, 2.05) is 11.3 Å². The first kappa shape index (κ1) is 14.9. The number of urea groups is 1. The minimum atomic E-state index is -0.251. The predicted molar refractivity (Wildman–Crippen MR) is 86.1 cm³/mol. The molecular formula is C15H19N5OS. The lowest BCUT2D eigenvalue weighted by Gasteiger charge is -2.06. The fourth-order valence-corrected chi connectivity index (χ4v) is 3.68. The average Bonchev–Trinajstić information content (AvgIpc) is 2.95. The summed E-state index contributed by atoms with van der Waals surface area (Å²) in [7, 11) is 0. The largest absolute Gasteiger partial charge is 0.338 e. The van der Waals surface area contributed by atoms with E-state index in [2.05, 4.69) is 20.6 Å². The van der Waals surface area contributed by atoms with Crippen molar-refractivity contribution < 1.29 is 4.79 Å². The molecule has 0 atom stereocenters. The van der Waals surface area contributed by atoms with Crippen molar-refractivity contribution in [3.05, 3.63) is 34.2 Å². The first-order valence-corrected chi connectivity index (χ1v) is 8.41. The number of anilines is 1. The van der Waals surface area contributed by atoms with Gasteiger partial charge in [0, 0.05) is 30.2 Å². The molecule has 0 saturated heterocycles. The van der Waals surface area contributed by atoms with Gasteiger partial charge in [0.25, 0.3) is 0 Å². The Morgan fingerprint density at radius 3 is 3.00 bits per heavy atom. The van der Waals surface area contributed by atoms with E-state index in [9.17, 15) is 4.79 Å². The summed E-state index contributed by atoms with van der Waals surface area (Å²) in [6.07, 6.45) is 11.3. The number of rotatable bonds is 5. The highest BCUT2D eigenvalue weighted by Crippen LogP contribution is 2.27. The lowest BCUT2D eigenvalue weighted by molar-refractivity contribution is 0.252. The molecule has 1 aliphatic rings. The van der Waals surface area contributed by atoms with Crippen LogP contribution in [-0.4, -0.2) is 27.5 Å². The van der Waals surface area contributed by atoms with Crippen LogP contribution < -0.4 is 10.6 Å². The molecule has 7 heteroatoms. The lowest BCUT2D eigenvalue weighted by Crippen LogP contribution is -2.30. The Balaban J connectivity index is 1.38. The van der Waals surface area contributed by atoms with Crippen molar-refractivity contribution in [2.75, 3.05) is 11.9 Å². The van der Waals surface area contributed by atoms with Gasteiger partial charge in [-0.25, -0.2) is 14.8 Å². The summed E-state index contributed by atoms with van der Waals surface area (Å²) >= 11 is 1.84. The number of amides is 2. The fraction of sp³-hybridized carbons (Fsp3) is 0.467. The summed E-state index contributed by atoms with van der Waals surface area (Å²) in [5, 5.41) is 6.66. The monoisotopic (exact) mass is 317 g/mol. The second kappa shape index (κ2) is 7.31. The Hall–Kier alpha value is -2.02. The Labute approximate surface area is 133 Å². The lowest BCUT2D eigenvalue weighted by atomic mass is 10.0. The zero-order valence-corrected chi connectivity index (χ0v) is 13.2. The van der Waals surface area contributed by atoms with Gasteiger partial charge in [0.05, 0.1) is 16.9 Å². The Morgan fingerprint density at radius 1 is 1.27 bits per heavy atom. The number of nitrogens with one attached hydrogen (secondary N) is 2. The van der Waals surface area contributed by atoms with Gasteiger partial charge in [0.1, 0.15) is 0 Å². The van der Waals surface area contributed by atoms with Crippen molar-refractivity contribution >= 4 is 23.2 Å². The number of thiazole rings is 1. The van der Waals surface area contributed by atoms with Crippen LogP contribution in [0.5, 0.6) is 0 Å². The number of fused-ring (bicyclic) bond motifs is 1. The van der Waals surface area contributed by atoms with E-state index in [1.165, 1.54) is 41.0 Å². The van der Waals surface area contributed by atoms with E-state index in [0.717, 1.165) is 19.3 Å². The second-order valence-electron chi connectivity index (χ2n) is 5.26. The molecule has 22 heavy (non-hydrogen) atoms. The van der Waals surface area contributed by atoms with Crippen molar-refractivity contribution in [1.82, 2.24) is 20.3 Å². The van der Waals surface area contributed by atoms with Crippen molar-refractivity contribution in [3.8, 4) is 0 Å². The Bertz CT molecular complexity index is 605. The minimum absolute atomic E-state index is 0.251. The maximum absolute atomic E-state index is 11.7. The van der Waals surface area contributed by atoms with Crippen LogP contribution in [0, 0.1) is 0 Å². The van der Waals surface area contributed by atoms with Gasteiger partial charge in [-0.15, -0.1) is 11.3 Å². The molecule has 2 heterocycles. The third-order valence-electron chi connectivity index (χ3n) is 3.55. The van der Waals surface area contributed by atoms with Crippen LogP contribution in [0.15, 0.2) is 18.6 Å². The van der Waals surface area contributed by atoms with Gasteiger partial charge in [0.15, 0.2) is 5.82 Å². The van der Waals surface area contributed by atoms with Crippen molar-refractivity contribution in [2.45, 2.75) is 38.5 Å². The zero-order valence-electron chi connectivity index (χ0n) is 12.3. The molecule has 6 nitrogen and oxygen atoms in total. The van der Waals surface area contributed by atoms with E-state index in [1.54, 1.807) is 12.4 Å². The molecule has 0 radical (unpaired) electrons. The smallest absolute Gasteiger partial charge is 0.320 e. The van der Waals surface area contributed by atoms with Crippen LogP contribution in [0.1, 0.15) is 34.8 Å². The standard InChI is InChI=1S/C15H19N5OS/c21-15(20-13-10-16-8-9-17-13)18-7-3-6-14-19-11-4-1-2-5-12(11)22-14/h8-10H,1-7H2,(H2,17,18,20,21). The van der Waals surface area contributed by atoms with Gasteiger partial charge in [-0.2, -0.15) is 0 Å². The van der Waals surface area contributed by atoms with E-state index >= 15 is 0 Å². The van der Waals surface area contributed by atoms with E-state index < -0.39 is 0 Å². The van der Waals surface area contributed by atoms with E-state index in [0.29, 0.717) is 12.4 Å². The maximum atomic E-state index is 11.7. The Kier molecular flexibility index (Phi) is 4.95. The van der Waals surface area contributed by atoms with Crippen molar-refractivity contribution in [1.29, 1.82) is 0 Å². The van der Waals surface area contributed by atoms with Crippen LogP contribution in [0.25, 0.3) is 0 Å². The van der Waals surface area contributed by atoms with Gasteiger partial charge in [-0.3, -0.25) is 10.3 Å². The zero-order chi connectivity index (χ0) is 15.2. The van der Waals surface area contributed by atoms with Gasteiger partial charge < -0.3 is 5.32 Å². The fourth-order valence-electron chi connectivity index (χ4n) is 2.48. The summed E-state index contributed by atoms with van der Waals surface area (Å²) in [4.78, 5) is 25.7. The van der Waals surface area contributed by atoms with E-state index in [-0.39, 0.29) is 6.03 Å². The first-order valence-electron chi connectivity index (χ1n) is 7.59. The number of hydrogen-bond acceptors (Lipinski definition) is 5. The van der Waals surface area contributed by atoms with Crippen molar-refractivity contribution in [3.63, 3.8) is 0 Å². The number of carbonyl (C=O) groups excluding carboxylic acids is 1. The molecule has 2 aromatic rings. The molecule has 1 aliphatic carbocycles. The molecule has 0 aromatic carbocycles. The normalized spacial score (nSPS) is 13.5. The third-order valence-corrected chi connectivity index (χ3v) is 4.76. The van der Waals surface area contributed by atoms with Crippen LogP contribution in [0.2, 0.25) is 0 Å². The summed E-state index contributed by atoms with van der Waals surface area (Å²) in [6.45, 7) is 0.621. The van der Waals surface area contributed by atoms with Crippen molar-refractivity contribution in [2.24, 2.45) is 0 Å². The van der Waals surface area contributed by atoms with Crippen LogP contribution in [-0.2, 0) is 19.3 Å². The van der Waals surface area contributed by atoms with Gasteiger partial charge in [-0.1, -0.05) is 0 Å². The number of aromatic nitrogens is 3. The number of nitrogens with zero attached hydrogens (tertiary/aromatic N) is 3. The molecule has 2 N–H and O–H groups in total. The number of carbonyl (C=O) groups is 1. The summed E-state index contributed by atoms with van der Waals surface area (Å²) < 4.78 is 0. The molecule has 2 amide bonds. The summed E-state index contributed by atoms with van der Waals surface area (Å²) in [5.74, 6) is 0.451. The highest BCUT2D eigenvalue weighted by atomic mass is 32.1. The minimum Gasteiger partial charge on any atom is -0.338 e. The molecule has 0 bridgehead atoms. The van der Waals surface area contributed by atoms with Crippen LogP contribution in [0.3, 0.4) is 0 Å². The van der Waals surface area contributed by atoms with Crippen LogP contribution >= 0.6 is 11.3 Å². The molecule has 0 fully saturated rings. The SMILES string of the molecule is O=C(NCCCc1nc2c(s1)CCCC2)Nc1cnccn1. The molecular weight excluding hydrogens is 298 g/mol. The average molecular weight is 317 g/mol. The number of hydrogen-bond donors (Lipinski definition) is 2. The van der Waals surface area contributed by atoms with Gasteiger partial charge in [-0.05, 0) is 32.1 Å². The molecule has 0 unspecified atom stereocenters. The molecule has 2 aromatic heterocycles. The van der Waals surface area contributed by atoms with Gasteiger partial charge >= 0.3 is 6.03 Å². The van der Waals surface area contributed by atoms with Gasteiger partial charge in [0.2, 0.25) is 0 Å². The molecule has 0 saturated carbocycles. The molecule has 3 rings (SSSR count). The Morgan fingerprint density at radius 2 is 2.18 bits per heavy atom. The van der Waals surface area contributed by atoms with E-state index in [4.69, 9.17) is 4.98 Å². The van der Waals surface area contributed by atoms with Crippen LogP contribution in [0.4, 0.5) is 10.6 Å². The highest BCUT2D eigenvalue weighted by Gasteiger charge is 2.14. The quantitative estimate of drug-likeness (QED) is 0.831. The molecule has 116 valence electrons. The molecule has 0 spiro atoms.